The van der Waals surface area contributed by atoms with E-state index in [1.165, 1.54) is 35.2 Å². The Bertz CT molecular complexity index is 1400. The van der Waals surface area contributed by atoms with Crippen LogP contribution in [0.3, 0.4) is 0 Å². The highest BCUT2D eigenvalue weighted by Gasteiger charge is 2.33. The molecule has 2 atom stereocenters. The topological polar surface area (TPSA) is 86.8 Å². The molecular formula is C29H33Cl2N3O4S. The van der Waals surface area contributed by atoms with Gasteiger partial charge in [-0.3, -0.25) is 13.9 Å². The second kappa shape index (κ2) is 13.3. The number of rotatable bonds is 11. The Morgan fingerprint density at radius 2 is 1.59 bits per heavy atom. The predicted octanol–water partition coefficient (Wildman–Crippen LogP) is 5.83. The van der Waals surface area contributed by atoms with Crippen LogP contribution in [0, 0.1) is 6.92 Å². The molecule has 0 aliphatic rings. The van der Waals surface area contributed by atoms with Gasteiger partial charge in [0.1, 0.15) is 12.6 Å². The van der Waals surface area contributed by atoms with Gasteiger partial charge in [-0.2, -0.15) is 0 Å². The van der Waals surface area contributed by atoms with Crippen LogP contribution in [0.2, 0.25) is 10.0 Å². The van der Waals surface area contributed by atoms with E-state index in [9.17, 15) is 18.0 Å². The van der Waals surface area contributed by atoms with Gasteiger partial charge in [0, 0.05) is 17.6 Å². The highest BCUT2D eigenvalue weighted by molar-refractivity contribution is 7.92. The number of anilines is 1. The van der Waals surface area contributed by atoms with Gasteiger partial charge in [-0.05, 0) is 63.1 Å². The number of carbonyl (C=O) groups excluding carboxylic acids is 2. The second-order valence-electron chi connectivity index (χ2n) is 9.42. The van der Waals surface area contributed by atoms with E-state index in [4.69, 9.17) is 23.2 Å². The minimum absolute atomic E-state index is 0.0125. The number of sulfonamides is 1. The molecule has 0 aliphatic carbocycles. The summed E-state index contributed by atoms with van der Waals surface area (Å²) < 4.78 is 28.6. The summed E-state index contributed by atoms with van der Waals surface area (Å²) in [4.78, 5) is 28.4. The van der Waals surface area contributed by atoms with E-state index in [0.717, 1.165) is 21.9 Å². The predicted molar refractivity (Wildman–Crippen MR) is 157 cm³/mol. The van der Waals surface area contributed by atoms with Gasteiger partial charge in [-0.25, -0.2) is 8.42 Å². The number of benzene rings is 3. The van der Waals surface area contributed by atoms with Crippen molar-refractivity contribution in [3.05, 3.63) is 94.0 Å². The van der Waals surface area contributed by atoms with Crippen LogP contribution in [-0.4, -0.2) is 43.8 Å². The summed E-state index contributed by atoms with van der Waals surface area (Å²) in [6, 6.07) is 18.8. The van der Waals surface area contributed by atoms with Crippen molar-refractivity contribution in [2.45, 2.75) is 57.6 Å². The standard InChI is InChI=1S/C29H33Cl2N3O4S/c1-5-21(3)32-29(36)22(4)33(18-23-13-11-20(2)12-14-23)28(35)19-34(27-17-24(30)15-16-26(27)31)39(37,38)25-9-7-6-8-10-25/h6-17,21-22H,5,18-19H2,1-4H3,(H,32,36). The zero-order chi connectivity index (χ0) is 28.7. The van der Waals surface area contributed by atoms with Crippen LogP contribution in [0.4, 0.5) is 5.69 Å². The van der Waals surface area contributed by atoms with Crippen molar-refractivity contribution in [3.8, 4) is 0 Å². The summed E-state index contributed by atoms with van der Waals surface area (Å²) in [5.74, 6) is -0.902. The van der Waals surface area contributed by atoms with E-state index in [0.29, 0.717) is 0 Å². The van der Waals surface area contributed by atoms with E-state index in [1.54, 1.807) is 25.1 Å². The second-order valence-corrected chi connectivity index (χ2v) is 12.1. The third kappa shape index (κ3) is 7.75. The minimum atomic E-state index is -4.23. The molecule has 0 aromatic heterocycles. The number of nitrogens with zero attached hydrogens (tertiary/aromatic N) is 2. The van der Waals surface area contributed by atoms with Gasteiger partial charge in [0.2, 0.25) is 11.8 Å². The van der Waals surface area contributed by atoms with Crippen LogP contribution < -0.4 is 9.62 Å². The molecule has 0 spiro atoms. The molecule has 7 nitrogen and oxygen atoms in total. The summed E-state index contributed by atoms with van der Waals surface area (Å²) >= 11 is 12.6. The number of nitrogens with one attached hydrogen (secondary N) is 1. The first-order valence-electron chi connectivity index (χ1n) is 12.6. The van der Waals surface area contributed by atoms with Crippen molar-refractivity contribution in [2.24, 2.45) is 0 Å². The molecule has 208 valence electrons. The molecule has 0 bridgehead atoms. The van der Waals surface area contributed by atoms with Crippen molar-refractivity contribution in [1.29, 1.82) is 0 Å². The Labute approximate surface area is 240 Å². The fourth-order valence-corrected chi connectivity index (χ4v) is 5.73. The number of carbonyl (C=O) groups is 2. The van der Waals surface area contributed by atoms with Crippen molar-refractivity contribution in [3.63, 3.8) is 0 Å². The Morgan fingerprint density at radius 3 is 2.21 bits per heavy atom. The van der Waals surface area contributed by atoms with Crippen molar-refractivity contribution in [2.75, 3.05) is 10.8 Å². The number of amides is 2. The maximum Gasteiger partial charge on any atom is 0.264 e. The average Bonchev–Trinajstić information content (AvgIpc) is 2.92. The van der Waals surface area contributed by atoms with Crippen LogP contribution in [0.5, 0.6) is 0 Å². The first-order chi connectivity index (χ1) is 18.4. The highest BCUT2D eigenvalue weighted by atomic mass is 35.5. The molecule has 2 unspecified atom stereocenters. The Kier molecular flexibility index (Phi) is 10.4. The first kappa shape index (κ1) is 30.5. The summed E-state index contributed by atoms with van der Waals surface area (Å²) in [7, 11) is -4.23. The Balaban J connectivity index is 2.05. The van der Waals surface area contributed by atoms with Crippen LogP contribution in [0.1, 0.15) is 38.3 Å². The number of hydrogen-bond donors (Lipinski definition) is 1. The quantitative estimate of drug-likeness (QED) is 0.305. The highest BCUT2D eigenvalue weighted by Crippen LogP contribution is 2.33. The monoisotopic (exact) mass is 589 g/mol. The SMILES string of the molecule is CCC(C)NC(=O)C(C)N(Cc1ccc(C)cc1)C(=O)CN(c1cc(Cl)ccc1Cl)S(=O)(=O)c1ccccc1. The summed E-state index contributed by atoms with van der Waals surface area (Å²) in [6.45, 7) is 6.93. The van der Waals surface area contributed by atoms with Crippen LogP contribution in [0.15, 0.2) is 77.7 Å². The molecule has 10 heteroatoms. The third-order valence-electron chi connectivity index (χ3n) is 6.43. The van der Waals surface area contributed by atoms with E-state index >= 15 is 0 Å². The number of aryl methyl sites for hydroxylation is 1. The molecule has 0 radical (unpaired) electrons. The van der Waals surface area contributed by atoms with E-state index in [2.05, 4.69) is 5.32 Å². The molecule has 3 aromatic rings. The largest absolute Gasteiger partial charge is 0.352 e. The molecule has 3 aromatic carbocycles. The minimum Gasteiger partial charge on any atom is -0.352 e. The Morgan fingerprint density at radius 1 is 0.949 bits per heavy atom. The van der Waals surface area contributed by atoms with Gasteiger partial charge in [0.15, 0.2) is 0 Å². The lowest BCUT2D eigenvalue weighted by Crippen LogP contribution is -2.52. The van der Waals surface area contributed by atoms with Gasteiger partial charge in [0.25, 0.3) is 10.0 Å². The normalized spacial score (nSPS) is 12.9. The first-order valence-corrected chi connectivity index (χ1v) is 14.8. The average molecular weight is 591 g/mol. The van der Waals surface area contributed by atoms with E-state index in [-0.39, 0.29) is 39.1 Å². The zero-order valence-corrected chi connectivity index (χ0v) is 24.7. The van der Waals surface area contributed by atoms with Gasteiger partial charge < -0.3 is 10.2 Å². The lowest BCUT2D eigenvalue weighted by molar-refractivity contribution is -0.139. The molecule has 0 saturated heterocycles. The fraction of sp³-hybridized carbons (Fsp3) is 0.310. The van der Waals surface area contributed by atoms with Crippen molar-refractivity contribution < 1.29 is 18.0 Å². The van der Waals surface area contributed by atoms with E-state index in [1.807, 2.05) is 45.0 Å². The maximum atomic E-state index is 13.9. The molecule has 0 fully saturated rings. The summed E-state index contributed by atoms with van der Waals surface area (Å²) in [6.07, 6.45) is 0.723. The van der Waals surface area contributed by atoms with Crippen LogP contribution >= 0.6 is 23.2 Å². The zero-order valence-electron chi connectivity index (χ0n) is 22.4. The number of hydrogen-bond acceptors (Lipinski definition) is 4. The molecule has 3 rings (SSSR count). The van der Waals surface area contributed by atoms with Crippen LogP contribution in [0.25, 0.3) is 0 Å². The molecule has 0 heterocycles. The molecule has 39 heavy (non-hydrogen) atoms. The lowest BCUT2D eigenvalue weighted by atomic mass is 10.1. The maximum absolute atomic E-state index is 13.9. The fourth-order valence-electron chi connectivity index (χ4n) is 3.85. The van der Waals surface area contributed by atoms with Crippen molar-refractivity contribution in [1.82, 2.24) is 10.2 Å². The summed E-state index contributed by atoms with van der Waals surface area (Å²) in [5.41, 5.74) is 1.92. The van der Waals surface area contributed by atoms with Crippen LogP contribution in [-0.2, 0) is 26.2 Å². The molecule has 1 N–H and O–H groups in total. The molecule has 0 saturated carbocycles. The Hall–Kier alpha value is -3.07. The molecule has 2 amide bonds. The van der Waals surface area contributed by atoms with Gasteiger partial charge in [0.05, 0.1) is 15.6 Å². The third-order valence-corrected chi connectivity index (χ3v) is 8.76. The summed E-state index contributed by atoms with van der Waals surface area (Å²) in [5, 5.41) is 3.28. The molecular weight excluding hydrogens is 557 g/mol. The van der Waals surface area contributed by atoms with Gasteiger partial charge in [-0.15, -0.1) is 0 Å². The van der Waals surface area contributed by atoms with Gasteiger partial charge in [-0.1, -0.05) is 78.2 Å². The van der Waals surface area contributed by atoms with Gasteiger partial charge >= 0.3 is 0 Å². The number of halogens is 2. The smallest absolute Gasteiger partial charge is 0.264 e. The molecule has 0 aliphatic heterocycles. The van der Waals surface area contributed by atoms with Crippen molar-refractivity contribution >= 4 is 50.7 Å². The lowest BCUT2D eigenvalue weighted by Gasteiger charge is -2.32. The van der Waals surface area contributed by atoms with E-state index < -0.39 is 28.5 Å².